The van der Waals surface area contributed by atoms with Crippen LogP contribution in [-0.4, -0.2) is 27.5 Å². The fraction of sp³-hybridized carbons (Fsp3) is 0.480. The van der Waals surface area contributed by atoms with E-state index in [9.17, 15) is 13.2 Å². The molecule has 0 bridgehead atoms. The minimum Gasteiger partial charge on any atom is -0.363 e. The Morgan fingerprint density at radius 3 is 2.70 bits per heavy atom. The first-order valence-corrected chi connectivity index (χ1v) is 11.5. The number of benzene rings is 1. The summed E-state index contributed by atoms with van der Waals surface area (Å²) in [6.45, 7) is 8.91. The Labute approximate surface area is 192 Å². The number of fused-ring (bicyclic) bond motifs is 1. The van der Waals surface area contributed by atoms with Gasteiger partial charge in [-0.25, -0.2) is 28.1 Å². The number of rotatable bonds is 7. The van der Waals surface area contributed by atoms with Crippen LogP contribution in [0.3, 0.4) is 0 Å². The van der Waals surface area contributed by atoms with Gasteiger partial charge in [-0.05, 0) is 38.7 Å². The molecule has 1 N–H and O–H groups in total. The second-order valence-corrected chi connectivity index (χ2v) is 9.03. The quantitative estimate of drug-likeness (QED) is 0.433. The number of hydrogen-bond acceptors (Lipinski definition) is 5. The van der Waals surface area contributed by atoms with Crippen LogP contribution in [0.2, 0.25) is 0 Å². The van der Waals surface area contributed by atoms with Crippen LogP contribution in [0.1, 0.15) is 69.5 Å². The van der Waals surface area contributed by atoms with E-state index in [1.165, 1.54) is 12.1 Å². The Kier molecular flexibility index (Phi) is 6.72. The maximum Gasteiger partial charge on any atom is 0.266 e. The monoisotopic (exact) mass is 457 g/mol. The predicted octanol–water partition coefficient (Wildman–Crippen LogP) is 6.60. The molecule has 33 heavy (non-hydrogen) atoms. The standard InChI is InChI=1S/C25H30F3N5/c1-5-7-17-10-14(2)13-33(17)22-11-20-21(12-29-22)31-16(4)32-25(20)30-15(3)18-8-6-9-19(23(18)26)24(27)28/h6,8-9,11-12,14-15,17,24H,5,7,10,13H2,1-4H3,(H,30,31,32)/t14-,15+,17+/m0/s1. The second-order valence-electron chi connectivity index (χ2n) is 9.03. The molecule has 1 aliphatic rings. The Morgan fingerprint density at radius 1 is 1.21 bits per heavy atom. The first-order valence-electron chi connectivity index (χ1n) is 11.5. The van der Waals surface area contributed by atoms with E-state index in [2.05, 4.69) is 39.0 Å². The van der Waals surface area contributed by atoms with Crippen LogP contribution in [0.4, 0.5) is 24.8 Å². The number of alkyl halides is 2. The van der Waals surface area contributed by atoms with Gasteiger partial charge in [-0.3, -0.25) is 0 Å². The molecular weight excluding hydrogens is 427 g/mol. The molecule has 2 aromatic heterocycles. The van der Waals surface area contributed by atoms with Gasteiger partial charge in [0.05, 0.1) is 23.3 Å². The van der Waals surface area contributed by atoms with Gasteiger partial charge in [-0.2, -0.15) is 0 Å². The molecule has 3 atom stereocenters. The van der Waals surface area contributed by atoms with Crippen molar-refractivity contribution in [2.24, 2.45) is 5.92 Å². The number of aryl methyl sites for hydroxylation is 1. The largest absolute Gasteiger partial charge is 0.363 e. The van der Waals surface area contributed by atoms with Gasteiger partial charge in [0.15, 0.2) is 0 Å². The van der Waals surface area contributed by atoms with Crippen LogP contribution in [0.15, 0.2) is 30.5 Å². The first kappa shape index (κ1) is 23.3. The van der Waals surface area contributed by atoms with Gasteiger partial charge in [0, 0.05) is 23.5 Å². The second kappa shape index (κ2) is 9.53. The molecule has 3 aromatic rings. The van der Waals surface area contributed by atoms with E-state index in [0.29, 0.717) is 29.1 Å². The van der Waals surface area contributed by atoms with Crippen molar-refractivity contribution in [2.75, 3.05) is 16.8 Å². The molecule has 4 rings (SSSR count). The van der Waals surface area contributed by atoms with Gasteiger partial charge in [-0.15, -0.1) is 0 Å². The molecular formula is C25H30F3N5. The van der Waals surface area contributed by atoms with Crippen molar-refractivity contribution in [3.8, 4) is 0 Å². The molecule has 1 fully saturated rings. The van der Waals surface area contributed by atoms with Crippen LogP contribution in [0.5, 0.6) is 0 Å². The summed E-state index contributed by atoms with van der Waals surface area (Å²) >= 11 is 0. The first-order chi connectivity index (χ1) is 15.8. The van der Waals surface area contributed by atoms with E-state index in [4.69, 9.17) is 0 Å². The molecule has 1 aliphatic heterocycles. The normalized spacial score (nSPS) is 19.5. The molecule has 0 radical (unpaired) electrons. The van der Waals surface area contributed by atoms with Gasteiger partial charge in [0.25, 0.3) is 6.43 Å². The maximum atomic E-state index is 14.7. The zero-order valence-electron chi connectivity index (χ0n) is 19.4. The van der Waals surface area contributed by atoms with Crippen molar-refractivity contribution in [2.45, 2.75) is 65.5 Å². The molecule has 0 aliphatic carbocycles. The highest BCUT2D eigenvalue weighted by Gasteiger charge is 2.30. The topological polar surface area (TPSA) is 53.9 Å². The fourth-order valence-electron chi connectivity index (χ4n) is 4.80. The van der Waals surface area contributed by atoms with Crippen LogP contribution in [0.25, 0.3) is 10.9 Å². The van der Waals surface area contributed by atoms with Crippen molar-refractivity contribution >= 4 is 22.5 Å². The lowest BCUT2D eigenvalue weighted by molar-refractivity contribution is 0.146. The lowest BCUT2D eigenvalue weighted by Crippen LogP contribution is -2.30. The third-order valence-corrected chi connectivity index (χ3v) is 6.33. The molecule has 0 spiro atoms. The Bertz CT molecular complexity index is 1140. The van der Waals surface area contributed by atoms with Gasteiger partial charge in [0.2, 0.25) is 0 Å². The number of hydrogen-bond donors (Lipinski definition) is 1. The molecule has 1 aromatic carbocycles. The van der Waals surface area contributed by atoms with E-state index in [1.807, 2.05) is 6.07 Å². The summed E-state index contributed by atoms with van der Waals surface area (Å²) in [5.41, 5.74) is 0.256. The summed E-state index contributed by atoms with van der Waals surface area (Å²) in [6.07, 6.45) is 2.24. The average Bonchev–Trinajstić information content (AvgIpc) is 3.13. The average molecular weight is 458 g/mol. The van der Waals surface area contributed by atoms with Gasteiger partial charge in [-0.1, -0.05) is 38.5 Å². The summed E-state index contributed by atoms with van der Waals surface area (Å²) in [7, 11) is 0. The van der Waals surface area contributed by atoms with Crippen LogP contribution in [0, 0.1) is 18.7 Å². The summed E-state index contributed by atoms with van der Waals surface area (Å²) in [4.78, 5) is 16.1. The van der Waals surface area contributed by atoms with Crippen molar-refractivity contribution in [3.05, 3.63) is 53.2 Å². The smallest absolute Gasteiger partial charge is 0.266 e. The Hall–Kier alpha value is -2.90. The maximum absolute atomic E-state index is 14.7. The molecule has 176 valence electrons. The number of halogens is 3. The van der Waals surface area contributed by atoms with Gasteiger partial charge < -0.3 is 10.2 Å². The van der Waals surface area contributed by atoms with E-state index in [-0.39, 0.29) is 5.56 Å². The van der Waals surface area contributed by atoms with Crippen LogP contribution in [-0.2, 0) is 0 Å². The zero-order valence-corrected chi connectivity index (χ0v) is 19.4. The summed E-state index contributed by atoms with van der Waals surface area (Å²) in [5.74, 6) is 1.66. The minimum absolute atomic E-state index is 0.169. The number of pyridine rings is 1. The molecule has 3 heterocycles. The summed E-state index contributed by atoms with van der Waals surface area (Å²) < 4.78 is 41.1. The minimum atomic E-state index is -2.87. The summed E-state index contributed by atoms with van der Waals surface area (Å²) in [6, 6.07) is 5.94. The van der Waals surface area contributed by atoms with Crippen LogP contribution >= 0.6 is 0 Å². The van der Waals surface area contributed by atoms with E-state index < -0.39 is 23.8 Å². The lowest BCUT2D eigenvalue weighted by atomic mass is 10.0. The number of anilines is 2. The number of aromatic nitrogens is 3. The molecule has 0 saturated carbocycles. The zero-order chi connectivity index (χ0) is 23.7. The highest BCUT2D eigenvalue weighted by Crippen LogP contribution is 2.34. The third kappa shape index (κ3) is 4.75. The van der Waals surface area contributed by atoms with Crippen LogP contribution < -0.4 is 10.2 Å². The third-order valence-electron chi connectivity index (χ3n) is 6.33. The van der Waals surface area contributed by atoms with E-state index >= 15 is 0 Å². The van der Waals surface area contributed by atoms with E-state index in [1.54, 1.807) is 20.0 Å². The number of nitrogens with zero attached hydrogens (tertiary/aromatic N) is 4. The fourth-order valence-corrected chi connectivity index (χ4v) is 4.80. The highest BCUT2D eigenvalue weighted by molar-refractivity contribution is 5.90. The molecule has 1 saturated heterocycles. The van der Waals surface area contributed by atoms with Crippen molar-refractivity contribution in [1.82, 2.24) is 15.0 Å². The van der Waals surface area contributed by atoms with Crippen molar-refractivity contribution in [3.63, 3.8) is 0 Å². The van der Waals surface area contributed by atoms with Gasteiger partial charge >= 0.3 is 0 Å². The molecule has 5 nitrogen and oxygen atoms in total. The van der Waals surface area contributed by atoms with Crippen molar-refractivity contribution in [1.29, 1.82) is 0 Å². The lowest BCUT2D eigenvalue weighted by Gasteiger charge is -2.26. The van der Waals surface area contributed by atoms with Crippen molar-refractivity contribution < 1.29 is 13.2 Å². The molecule has 0 unspecified atom stereocenters. The van der Waals surface area contributed by atoms with Gasteiger partial charge in [0.1, 0.15) is 23.3 Å². The highest BCUT2D eigenvalue weighted by atomic mass is 19.3. The molecule has 0 amide bonds. The SMILES string of the molecule is CCC[C@@H]1C[C@H](C)CN1c1cc2c(N[C@H](C)c3cccc(C(F)F)c3F)nc(C)nc2cn1. The predicted molar refractivity (Wildman–Crippen MR) is 125 cm³/mol. The van der Waals surface area contributed by atoms with E-state index in [0.717, 1.165) is 43.1 Å². The summed E-state index contributed by atoms with van der Waals surface area (Å²) in [5, 5.41) is 4.01. The Morgan fingerprint density at radius 2 is 1.97 bits per heavy atom. The molecule has 8 heteroatoms. The Balaban J connectivity index is 1.70. The number of nitrogens with one attached hydrogen (secondary N) is 1.